The molecule has 1 aromatic heterocycles. The molecule has 5 heteroatoms. The van der Waals surface area contributed by atoms with Crippen LogP contribution in [0.5, 0.6) is 0 Å². The van der Waals surface area contributed by atoms with Crippen LogP contribution in [0.15, 0.2) is 140 Å². The van der Waals surface area contributed by atoms with Gasteiger partial charge in [0.05, 0.1) is 28.4 Å². The Morgan fingerprint density at radius 3 is 1.87 bits per heavy atom. The number of para-hydroxylation sites is 1. The molecule has 2 heterocycles. The Labute approximate surface area is 272 Å². The summed E-state index contributed by atoms with van der Waals surface area (Å²) < 4.78 is 17.9. The second kappa shape index (κ2) is 10.4. The fraction of sp³-hybridized carbons (Fsp3) is 0.0476. The molecular weight excluding hydrogens is 593 g/mol. The number of rotatable bonds is 4. The van der Waals surface area contributed by atoms with Gasteiger partial charge in [-0.2, -0.15) is 5.26 Å². The Kier molecular flexibility index (Phi) is 6.09. The normalized spacial score (nSPS) is 15.1. The predicted molar refractivity (Wildman–Crippen MR) is 194 cm³/mol. The first-order chi connectivity index (χ1) is 23.1. The van der Waals surface area contributed by atoms with E-state index in [-0.39, 0.29) is 0 Å². The van der Waals surface area contributed by atoms with Crippen LogP contribution in [0.4, 0.5) is 0 Å². The summed E-state index contributed by atoms with van der Waals surface area (Å²) in [6.07, 6.45) is 0.749. The lowest BCUT2D eigenvalue weighted by Gasteiger charge is -2.30. The van der Waals surface area contributed by atoms with E-state index in [1.165, 1.54) is 0 Å². The first-order valence-electron chi connectivity index (χ1n) is 15.9. The average Bonchev–Trinajstić information content (AvgIpc) is 3.52. The topological polar surface area (TPSA) is 58.7 Å². The average molecular weight is 622 g/mol. The van der Waals surface area contributed by atoms with E-state index in [2.05, 4.69) is 84.3 Å². The quantitative estimate of drug-likeness (QED) is 0.146. The Morgan fingerprint density at radius 2 is 1.26 bits per heavy atom. The number of aryl methyl sites for hydroxylation is 1. The van der Waals surface area contributed by atoms with Gasteiger partial charge in [0.1, 0.15) is 5.82 Å². The van der Waals surface area contributed by atoms with Crippen molar-refractivity contribution in [2.45, 2.75) is 13.3 Å². The number of fused-ring (bicyclic) bond motifs is 4. The molecule has 0 amide bonds. The summed E-state index contributed by atoms with van der Waals surface area (Å²) in [6, 6.07) is 49.6. The predicted octanol–water partition coefficient (Wildman–Crippen LogP) is 9.05. The molecule has 0 saturated heterocycles. The number of nitriles is 1. The van der Waals surface area contributed by atoms with Gasteiger partial charge in [-0.3, -0.25) is 4.57 Å². The number of benzene rings is 7. The largest absolute Gasteiger partial charge is 0.308 e. The van der Waals surface area contributed by atoms with Gasteiger partial charge in [-0.05, 0) is 80.2 Å². The molecule has 1 aliphatic heterocycles. The highest BCUT2D eigenvalue weighted by Gasteiger charge is 2.39. The molecule has 4 nitrogen and oxygen atoms in total. The third kappa shape index (κ3) is 3.88. The zero-order valence-corrected chi connectivity index (χ0v) is 26.6. The second-order valence-corrected chi connectivity index (χ2v) is 14.7. The summed E-state index contributed by atoms with van der Waals surface area (Å²) in [4.78, 5) is 5.04. The fourth-order valence-electron chi connectivity index (χ4n) is 7.54. The van der Waals surface area contributed by atoms with Gasteiger partial charge in [0.2, 0.25) is 0 Å². The van der Waals surface area contributed by atoms with Crippen molar-refractivity contribution in [1.29, 1.82) is 5.26 Å². The minimum atomic E-state index is -3.21. The SMILES string of the molecule is CCc1nc2cccc3c2n1-c1cc(-c2c4ccccc4c(-c4ccc(C#N)cc4)c4ccccc24)ccc1P3(=O)c1ccccc1. The monoisotopic (exact) mass is 621 g/mol. The van der Waals surface area contributed by atoms with E-state index in [0.29, 0.717) is 5.56 Å². The highest BCUT2D eigenvalue weighted by Crippen LogP contribution is 2.51. The third-order valence-electron chi connectivity index (χ3n) is 9.58. The van der Waals surface area contributed by atoms with Crippen molar-refractivity contribution in [2.24, 2.45) is 0 Å². The Bertz CT molecular complexity index is 2590. The van der Waals surface area contributed by atoms with Crippen molar-refractivity contribution in [2.75, 3.05) is 0 Å². The smallest absolute Gasteiger partial charge is 0.175 e. The molecule has 0 radical (unpaired) electrons. The van der Waals surface area contributed by atoms with Gasteiger partial charge in [-0.25, -0.2) is 4.98 Å². The van der Waals surface area contributed by atoms with Gasteiger partial charge in [0.25, 0.3) is 0 Å². The molecular formula is C42H28N3OP. The number of hydrogen-bond donors (Lipinski definition) is 0. The first kappa shape index (κ1) is 27.6. The van der Waals surface area contributed by atoms with Crippen LogP contribution in [0.1, 0.15) is 18.3 Å². The van der Waals surface area contributed by atoms with Crippen molar-refractivity contribution in [3.63, 3.8) is 0 Å². The van der Waals surface area contributed by atoms with Crippen molar-refractivity contribution >= 4 is 55.6 Å². The molecule has 0 saturated carbocycles. The molecule has 0 aliphatic carbocycles. The lowest BCUT2D eigenvalue weighted by Crippen LogP contribution is -2.33. The van der Waals surface area contributed by atoms with E-state index >= 15 is 4.57 Å². The van der Waals surface area contributed by atoms with Crippen molar-refractivity contribution in [3.8, 4) is 34.0 Å². The lowest BCUT2D eigenvalue weighted by molar-refractivity contribution is 0.592. The molecule has 0 spiro atoms. The van der Waals surface area contributed by atoms with Crippen LogP contribution < -0.4 is 15.9 Å². The summed E-state index contributed by atoms with van der Waals surface area (Å²) in [5.74, 6) is 0.955. The van der Waals surface area contributed by atoms with E-state index in [9.17, 15) is 5.26 Å². The van der Waals surface area contributed by atoms with Crippen LogP contribution in [-0.4, -0.2) is 9.55 Å². The molecule has 1 unspecified atom stereocenters. The Balaban J connectivity index is 1.38. The number of imidazole rings is 1. The van der Waals surface area contributed by atoms with Crippen molar-refractivity contribution in [1.82, 2.24) is 9.55 Å². The number of nitrogens with zero attached hydrogens (tertiary/aromatic N) is 3. The zero-order valence-electron chi connectivity index (χ0n) is 25.7. The maximum Gasteiger partial charge on any atom is 0.175 e. The Morgan fingerprint density at radius 1 is 0.660 bits per heavy atom. The number of hydrogen-bond acceptors (Lipinski definition) is 3. The van der Waals surface area contributed by atoms with Gasteiger partial charge in [0.15, 0.2) is 7.14 Å². The molecule has 47 heavy (non-hydrogen) atoms. The Hall–Kier alpha value is -5.75. The highest BCUT2D eigenvalue weighted by molar-refractivity contribution is 7.86. The first-order valence-corrected chi connectivity index (χ1v) is 17.6. The van der Waals surface area contributed by atoms with Gasteiger partial charge in [-0.1, -0.05) is 110 Å². The van der Waals surface area contributed by atoms with Crippen LogP contribution in [0.2, 0.25) is 0 Å². The summed E-state index contributed by atoms with van der Waals surface area (Å²) in [6.45, 7) is 2.13. The van der Waals surface area contributed by atoms with E-state index in [1.807, 2.05) is 72.8 Å². The molecule has 1 aliphatic rings. The molecule has 9 rings (SSSR count). The van der Waals surface area contributed by atoms with Crippen LogP contribution in [0.25, 0.3) is 60.5 Å². The van der Waals surface area contributed by atoms with Crippen LogP contribution >= 0.6 is 7.14 Å². The second-order valence-electron chi connectivity index (χ2n) is 12.0. The highest BCUT2D eigenvalue weighted by atomic mass is 31.2. The van der Waals surface area contributed by atoms with Gasteiger partial charge < -0.3 is 4.57 Å². The third-order valence-corrected chi connectivity index (χ3v) is 12.7. The minimum Gasteiger partial charge on any atom is -0.308 e. The van der Waals surface area contributed by atoms with Crippen LogP contribution in [0, 0.1) is 11.3 Å². The van der Waals surface area contributed by atoms with Crippen molar-refractivity contribution < 1.29 is 4.57 Å². The standard InChI is InChI=1S/C42H28N3OP/c1-2-39-44-35-17-10-18-38-42(35)45(39)36-25-29(23-24-37(36)47(38,46)30-11-4-3-5-12-30)41-33-15-8-6-13-31(33)40(32-14-7-9-16-34(32)41)28-21-19-27(26-43)20-22-28/h3-25H,2H2,1H3. The molecule has 0 fully saturated rings. The summed E-state index contributed by atoms with van der Waals surface area (Å²) in [7, 11) is -3.21. The fourth-order valence-corrected chi connectivity index (χ4v) is 10.5. The summed E-state index contributed by atoms with van der Waals surface area (Å²) in [5.41, 5.74) is 7.79. The van der Waals surface area contributed by atoms with Crippen LogP contribution in [-0.2, 0) is 11.0 Å². The zero-order chi connectivity index (χ0) is 31.7. The lowest BCUT2D eigenvalue weighted by atomic mass is 9.86. The van der Waals surface area contributed by atoms with E-state index in [1.54, 1.807) is 0 Å². The van der Waals surface area contributed by atoms with E-state index in [4.69, 9.17) is 4.98 Å². The van der Waals surface area contributed by atoms with E-state index in [0.717, 1.165) is 88.7 Å². The van der Waals surface area contributed by atoms with Gasteiger partial charge in [-0.15, -0.1) is 0 Å². The number of aromatic nitrogens is 2. The molecule has 0 N–H and O–H groups in total. The molecule has 0 bridgehead atoms. The summed E-state index contributed by atoms with van der Waals surface area (Å²) in [5, 5.41) is 16.5. The van der Waals surface area contributed by atoms with Crippen LogP contribution in [0.3, 0.4) is 0 Å². The maximum absolute atomic E-state index is 15.6. The molecule has 8 aromatic rings. The van der Waals surface area contributed by atoms with Gasteiger partial charge >= 0.3 is 0 Å². The van der Waals surface area contributed by atoms with Gasteiger partial charge in [0, 0.05) is 22.3 Å². The van der Waals surface area contributed by atoms with E-state index < -0.39 is 7.14 Å². The minimum absolute atomic E-state index is 0.641. The molecule has 222 valence electrons. The molecule has 7 aromatic carbocycles. The molecule has 1 atom stereocenters. The maximum atomic E-state index is 15.6. The van der Waals surface area contributed by atoms with Crippen molar-refractivity contribution in [3.05, 3.63) is 151 Å². The summed E-state index contributed by atoms with van der Waals surface area (Å²) >= 11 is 0.